The van der Waals surface area contributed by atoms with E-state index in [9.17, 15) is 5.26 Å². The zero-order chi connectivity index (χ0) is 21.1. The lowest BCUT2D eigenvalue weighted by atomic mass is 10.0. The van der Waals surface area contributed by atoms with E-state index in [1.165, 1.54) is 10.9 Å². The molecule has 0 unspecified atom stereocenters. The predicted octanol–water partition coefficient (Wildman–Crippen LogP) is 4.94. The highest BCUT2D eigenvalue weighted by molar-refractivity contribution is 6.31. The number of fused-ring (bicyclic) bond motifs is 1. The van der Waals surface area contributed by atoms with Crippen LogP contribution in [0.5, 0.6) is 0 Å². The van der Waals surface area contributed by atoms with E-state index in [1.54, 1.807) is 0 Å². The molecule has 1 aliphatic heterocycles. The number of unbranched alkanes of at least 4 members (excludes halogenated alkanes) is 1. The Bertz CT molecular complexity index is 1070. The van der Waals surface area contributed by atoms with Crippen molar-refractivity contribution in [3.63, 3.8) is 0 Å². The molecule has 0 spiro atoms. The Labute approximate surface area is 184 Å². The first-order chi connectivity index (χ1) is 14.6. The van der Waals surface area contributed by atoms with Crippen LogP contribution in [-0.2, 0) is 12.8 Å². The highest BCUT2D eigenvalue weighted by Crippen LogP contribution is 2.29. The molecule has 4 rings (SSSR count). The molecule has 0 radical (unpaired) electrons. The van der Waals surface area contributed by atoms with E-state index in [0.29, 0.717) is 16.6 Å². The zero-order valence-electron chi connectivity index (χ0n) is 17.8. The predicted molar refractivity (Wildman–Crippen MR) is 125 cm³/mol. The standard InChI is InChI=1S/C25H29ClN4/c1-3-4-5-23-20(15-27)13-22(14-24(23)26)30-11-9-19-12-18(6-7-25(19)30)8-10-29-16-21(17-29)28-2/h6-7,9,11-14,21,28H,3-5,8,10,16-17H2,1-2H3. The first kappa shape index (κ1) is 20.9. The number of benzene rings is 2. The maximum absolute atomic E-state index is 9.65. The van der Waals surface area contributed by atoms with Crippen molar-refractivity contribution >= 4 is 22.5 Å². The Balaban J connectivity index is 1.55. The lowest BCUT2D eigenvalue weighted by Gasteiger charge is -2.39. The highest BCUT2D eigenvalue weighted by Gasteiger charge is 2.24. The van der Waals surface area contributed by atoms with E-state index >= 15 is 0 Å². The van der Waals surface area contributed by atoms with Crippen LogP contribution in [0.2, 0.25) is 5.02 Å². The Morgan fingerprint density at radius 1 is 1.17 bits per heavy atom. The number of hydrogen-bond acceptors (Lipinski definition) is 3. The molecule has 2 heterocycles. The van der Waals surface area contributed by atoms with Gasteiger partial charge in [-0.25, -0.2) is 0 Å². The molecule has 2 aromatic carbocycles. The van der Waals surface area contributed by atoms with Crippen LogP contribution in [0.25, 0.3) is 16.6 Å². The number of rotatable bonds is 8. The molecule has 1 aromatic heterocycles. The summed E-state index contributed by atoms with van der Waals surface area (Å²) in [7, 11) is 2.03. The van der Waals surface area contributed by atoms with Crippen molar-refractivity contribution < 1.29 is 0 Å². The van der Waals surface area contributed by atoms with Crippen molar-refractivity contribution in [2.75, 3.05) is 26.7 Å². The van der Waals surface area contributed by atoms with Gasteiger partial charge >= 0.3 is 0 Å². The number of nitrogens with one attached hydrogen (secondary N) is 1. The number of likely N-dealkylation sites (N-methyl/N-ethyl adjacent to an activating group) is 1. The first-order valence-corrected chi connectivity index (χ1v) is 11.2. The minimum Gasteiger partial charge on any atom is -0.316 e. The molecule has 156 valence electrons. The van der Waals surface area contributed by atoms with E-state index in [0.717, 1.165) is 62.1 Å². The molecule has 0 atom stereocenters. The summed E-state index contributed by atoms with van der Waals surface area (Å²) in [5.74, 6) is 0. The summed E-state index contributed by atoms with van der Waals surface area (Å²) in [6.07, 6.45) is 6.10. The van der Waals surface area contributed by atoms with E-state index in [-0.39, 0.29) is 0 Å². The number of hydrogen-bond donors (Lipinski definition) is 1. The quantitative estimate of drug-likeness (QED) is 0.561. The Morgan fingerprint density at radius 3 is 2.73 bits per heavy atom. The van der Waals surface area contributed by atoms with Gasteiger partial charge in [0.25, 0.3) is 0 Å². The van der Waals surface area contributed by atoms with Crippen molar-refractivity contribution in [2.45, 2.75) is 38.6 Å². The molecule has 0 aliphatic carbocycles. The minimum absolute atomic E-state index is 0.653. The monoisotopic (exact) mass is 420 g/mol. The second kappa shape index (κ2) is 9.22. The molecule has 5 heteroatoms. The molecule has 0 saturated carbocycles. The molecule has 4 nitrogen and oxygen atoms in total. The van der Waals surface area contributed by atoms with E-state index in [1.807, 2.05) is 19.2 Å². The summed E-state index contributed by atoms with van der Waals surface area (Å²) < 4.78 is 2.13. The van der Waals surface area contributed by atoms with Crippen molar-refractivity contribution in [3.8, 4) is 11.8 Å². The second-order valence-corrected chi connectivity index (χ2v) is 8.65. The average Bonchev–Trinajstić information content (AvgIpc) is 3.14. The molecule has 30 heavy (non-hydrogen) atoms. The number of nitrogens with zero attached hydrogens (tertiary/aromatic N) is 3. The van der Waals surface area contributed by atoms with Crippen LogP contribution < -0.4 is 5.32 Å². The van der Waals surface area contributed by atoms with Crippen LogP contribution in [0.4, 0.5) is 0 Å². The fourth-order valence-corrected chi connectivity index (χ4v) is 4.57. The maximum Gasteiger partial charge on any atom is 0.0995 e. The van der Waals surface area contributed by atoms with E-state index < -0.39 is 0 Å². The second-order valence-electron chi connectivity index (χ2n) is 8.24. The molecule has 1 N–H and O–H groups in total. The van der Waals surface area contributed by atoms with Gasteiger partial charge in [0.05, 0.1) is 17.1 Å². The van der Waals surface area contributed by atoms with Gasteiger partial charge in [-0.05, 0) is 67.8 Å². The van der Waals surface area contributed by atoms with Crippen molar-refractivity contribution in [3.05, 3.63) is 64.3 Å². The molecule has 0 amide bonds. The summed E-state index contributed by atoms with van der Waals surface area (Å²) in [4.78, 5) is 2.49. The Kier molecular flexibility index (Phi) is 6.43. The molecule has 1 aliphatic rings. The largest absolute Gasteiger partial charge is 0.316 e. The fourth-order valence-electron chi connectivity index (χ4n) is 4.26. The van der Waals surface area contributed by atoms with Crippen LogP contribution in [0.3, 0.4) is 0 Å². The van der Waals surface area contributed by atoms with Gasteiger partial charge in [0, 0.05) is 48.0 Å². The summed E-state index contributed by atoms with van der Waals surface area (Å²) in [5, 5.41) is 14.9. The topological polar surface area (TPSA) is 44.0 Å². The number of likely N-dealkylation sites (tertiary alicyclic amines) is 1. The van der Waals surface area contributed by atoms with E-state index in [2.05, 4.69) is 58.2 Å². The van der Waals surface area contributed by atoms with Gasteiger partial charge in [-0.1, -0.05) is 31.0 Å². The third kappa shape index (κ3) is 4.25. The van der Waals surface area contributed by atoms with Crippen LogP contribution in [0.15, 0.2) is 42.6 Å². The smallest absolute Gasteiger partial charge is 0.0995 e. The van der Waals surface area contributed by atoms with Crippen molar-refractivity contribution in [1.82, 2.24) is 14.8 Å². The first-order valence-electron chi connectivity index (χ1n) is 10.9. The van der Waals surface area contributed by atoms with Gasteiger partial charge in [0.1, 0.15) is 0 Å². The zero-order valence-corrected chi connectivity index (χ0v) is 18.5. The van der Waals surface area contributed by atoms with Gasteiger partial charge in [0.15, 0.2) is 0 Å². The number of halogens is 1. The van der Waals surface area contributed by atoms with Gasteiger partial charge in [-0.3, -0.25) is 4.90 Å². The maximum atomic E-state index is 9.65. The molecule has 0 bridgehead atoms. The molecular weight excluding hydrogens is 392 g/mol. The normalized spacial score (nSPS) is 14.7. The summed E-state index contributed by atoms with van der Waals surface area (Å²) in [5.41, 5.74) is 5.09. The Morgan fingerprint density at radius 2 is 2.00 bits per heavy atom. The molecular formula is C25H29ClN4. The molecule has 1 saturated heterocycles. The van der Waals surface area contributed by atoms with Gasteiger partial charge in [-0.2, -0.15) is 5.26 Å². The molecule has 1 fully saturated rings. The number of nitriles is 1. The Hall–Kier alpha value is -2.32. The number of aromatic nitrogens is 1. The van der Waals surface area contributed by atoms with Crippen molar-refractivity contribution in [1.29, 1.82) is 5.26 Å². The lowest BCUT2D eigenvalue weighted by Crippen LogP contribution is -2.57. The van der Waals surface area contributed by atoms with Crippen LogP contribution in [0, 0.1) is 11.3 Å². The van der Waals surface area contributed by atoms with Crippen LogP contribution >= 0.6 is 11.6 Å². The van der Waals surface area contributed by atoms with Gasteiger partial charge in [-0.15, -0.1) is 0 Å². The third-order valence-corrected chi connectivity index (χ3v) is 6.53. The average molecular weight is 421 g/mol. The summed E-state index contributed by atoms with van der Waals surface area (Å²) in [6.45, 7) is 5.54. The lowest BCUT2D eigenvalue weighted by molar-refractivity contribution is 0.134. The van der Waals surface area contributed by atoms with Crippen molar-refractivity contribution in [2.24, 2.45) is 0 Å². The molecule has 3 aromatic rings. The fraction of sp³-hybridized carbons (Fsp3) is 0.400. The highest BCUT2D eigenvalue weighted by atomic mass is 35.5. The minimum atomic E-state index is 0.653. The van der Waals surface area contributed by atoms with E-state index in [4.69, 9.17) is 11.6 Å². The van der Waals surface area contributed by atoms with Gasteiger partial charge < -0.3 is 9.88 Å². The van der Waals surface area contributed by atoms with Crippen LogP contribution in [0.1, 0.15) is 36.5 Å². The summed E-state index contributed by atoms with van der Waals surface area (Å²) >= 11 is 6.58. The summed E-state index contributed by atoms with van der Waals surface area (Å²) in [6, 6.07) is 15.8. The van der Waals surface area contributed by atoms with Crippen LogP contribution in [-0.4, -0.2) is 42.2 Å². The SMILES string of the molecule is CCCCc1c(Cl)cc(-n2ccc3cc(CCN4CC(NC)C4)ccc32)cc1C#N. The third-order valence-electron chi connectivity index (χ3n) is 6.20. The van der Waals surface area contributed by atoms with Gasteiger partial charge in [0.2, 0.25) is 0 Å².